The molecule has 7 heteroatoms. The fourth-order valence-electron chi connectivity index (χ4n) is 3.41. The van der Waals surface area contributed by atoms with Crippen LogP contribution in [-0.2, 0) is 4.79 Å². The number of hydrogen-bond acceptors (Lipinski definition) is 5. The highest BCUT2D eigenvalue weighted by Crippen LogP contribution is 2.42. The third-order valence-corrected chi connectivity index (χ3v) is 5.18. The van der Waals surface area contributed by atoms with Crippen molar-refractivity contribution < 1.29 is 14.1 Å². The third kappa shape index (κ3) is 2.12. The normalized spacial score (nSPS) is 24.6. The Balaban J connectivity index is 1.50. The second-order valence-corrected chi connectivity index (χ2v) is 6.77. The fraction of sp³-hybridized carbons (Fsp3) is 0.400. The van der Waals surface area contributed by atoms with Gasteiger partial charge < -0.3 is 14.3 Å². The predicted molar refractivity (Wildman–Crippen MR) is 80.7 cm³/mol. The molecular formula is C15H15N3O3S. The van der Waals surface area contributed by atoms with Crippen LogP contribution in [0.1, 0.15) is 23.4 Å². The molecular weight excluding hydrogens is 302 g/mol. The largest absolute Gasteiger partial charge is 0.351 e. The number of carbonyl (C=O) groups is 2. The number of carbonyl (C=O) groups excluding carboxylic acids is 2. The molecule has 4 heterocycles. The van der Waals surface area contributed by atoms with Gasteiger partial charge in [0.1, 0.15) is 0 Å². The molecule has 2 aliphatic heterocycles. The first-order valence-electron chi connectivity index (χ1n) is 7.19. The first kappa shape index (κ1) is 13.5. The fourth-order valence-corrected chi connectivity index (χ4v) is 4.05. The monoisotopic (exact) mass is 317 g/mol. The predicted octanol–water partition coefficient (Wildman–Crippen LogP) is 2.01. The van der Waals surface area contributed by atoms with Crippen LogP contribution in [0.3, 0.4) is 0 Å². The number of rotatable bonds is 2. The van der Waals surface area contributed by atoms with Gasteiger partial charge in [-0.2, -0.15) is 11.3 Å². The minimum atomic E-state index is -0.143. The lowest BCUT2D eigenvalue weighted by Gasteiger charge is -2.23. The quantitative estimate of drug-likeness (QED) is 0.850. The van der Waals surface area contributed by atoms with E-state index in [2.05, 4.69) is 5.16 Å². The van der Waals surface area contributed by atoms with Gasteiger partial charge in [-0.3, -0.25) is 9.59 Å². The summed E-state index contributed by atoms with van der Waals surface area (Å²) in [4.78, 5) is 28.3. The van der Waals surface area contributed by atoms with Gasteiger partial charge in [0.15, 0.2) is 0 Å². The number of aromatic nitrogens is 1. The number of thiophene rings is 1. The standard InChI is InChI=1S/C15H15N3O3S/c19-13-7-15(10-18(13)11-2-6-22-8-11)3-5-17(9-15)14(20)12-1-4-16-21-12/h1-2,4,6,8H,3,5,7,9-10H2. The molecule has 0 aromatic carbocycles. The van der Waals surface area contributed by atoms with E-state index < -0.39 is 0 Å². The van der Waals surface area contributed by atoms with Crippen molar-refractivity contribution in [2.45, 2.75) is 12.8 Å². The minimum absolute atomic E-state index is 0.130. The summed E-state index contributed by atoms with van der Waals surface area (Å²) in [5.74, 6) is 0.263. The Morgan fingerprint density at radius 3 is 3.00 bits per heavy atom. The van der Waals surface area contributed by atoms with Crippen molar-refractivity contribution in [3.63, 3.8) is 0 Å². The molecule has 1 atom stereocenters. The highest BCUT2D eigenvalue weighted by Gasteiger charge is 2.49. The second kappa shape index (κ2) is 4.95. The Hall–Kier alpha value is -2.15. The van der Waals surface area contributed by atoms with Crippen molar-refractivity contribution in [3.8, 4) is 0 Å². The maximum Gasteiger partial charge on any atom is 0.292 e. The van der Waals surface area contributed by atoms with E-state index in [9.17, 15) is 9.59 Å². The smallest absolute Gasteiger partial charge is 0.292 e. The van der Waals surface area contributed by atoms with Crippen molar-refractivity contribution >= 4 is 28.8 Å². The Labute approximate surface area is 131 Å². The lowest BCUT2D eigenvalue weighted by atomic mass is 9.86. The highest BCUT2D eigenvalue weighted by atomic mass is 32.1. The Kier molecular flexibility index (Phi) is 3.04. The van der Waals surface area contributed by atoms with Gasteiger partial charge in [-0.25, -0.2) is 0 Å². The second-order valence-electron chi connectivity index (χ2n) is 5.99. The van der Waals surface area contributed by atoms with Crippen LogP contribution in [0.5, 0.6) is 0 Å². The molecule has 2 amide bonds. The van der Waals surface area contributed by atoms with E-state index in [-0.39, 0.29) is 23.0 Å². The minimum Gasteiger partial charge on any atom is -0.351 e. The van der Waals surface area contributed by atoms with Gasteiger partial charge in [-0.15, -0.1) is 0 Å². The van der Waals surface area contributed by atoms with Crippen LogP contribution >= 0.6 is 11.3 Å². The molecule has 0 saturated carbocycles. The van der Waals surface area contributed by atoms with Crippen LogP contribution in [0, 0.1) is 5.41 Å². The van der Waals surface area contributed by atoms with Crippen LogP contribution in [0.4, 0.5) is 5.69 Å². The average molecular weight is 317 g/mol. The lowest BCUT2D eigenvalue weighted by molar-refractivity contribution is -0.117. The summed E-state index contributed by atoms with van der Waals surface area (Å²) in [6.45, 7) is 1.94. The van der Waals surface area contributed by atoms with E-state index in [1.54, 1.807) is 22.3 Å². The first-order valence-corrected chi connectivity index (χ1v) is 8.14. The van der Waals surface area contributed by atoms with Crippen LogP contribution in [0.25, 0.3) is 0 Å². The van der Waals surface area contributed by atoms with Gasteiger partial charge >= 0.3 is 0 Å². The van der Waals surface area contributed by atoms with Crippen LogP contribution in [0.15, 0.2) is 33.6 Å². The average Bonchev–Trinajstić information content (AvgIpc) is 3.26. The summed E-state index contributed by atoms with van der Waals surface area (Å²) < 4.78 is 4.94. The number of likely N-dealkylation sites (tertiary alicyclic amines) is 1. The number of hydrogen-bond donors (Lipinski definition) is 0. The molecule has 0 radical (unpaired) electrons. The van der Waals surface area contributed by atoms with Gasteiger partial charge in [0.05, 0.1) is 11.9 Å². The zero-order valence-electron chi connectivity index (χ0n) is 11.9. The van der Waals surface area contributed by atoms with E-state index in [0.29, 0.717) is 26.1 Å². The Bertz CT molecular complexity index is 698. The highest BCUT2D eigenvalue weighted by molar-refractivity contribution is 7.08. The number of anilines is 1. The molecule has 22 heavy (non-hydrogen) atoms. The van der Waals surface area contributed by atoms with Crippen LogP contribution in [0.2, 0.25) is 0 Å². The lowest BCUT2D eigenvalue weighted by Crippen LogP contribution is -2.34. The summed E-state index contributed by atoms with van der Waals surface area (Å²) >= 11 is 1.59. The summed E-state index contributed by atoms with van der Waals surface area (Å²) in [6.07, 6.45) is 2.82. The van der Waals surface area contributed by atoms with Crippen LogP contribution < -0.4 is 4.90 Å². The van der Waals surface area contributed by atoms with E-state index in [0.717, 1.165) is 12.1 Å². The van der Waals surface area contributed by atoms with Crippen molar-refractivity contribution in [2.24, 2.45) is 5.41 Å². The molecule has 1 unspecified atom stereocenters. The van der Waals surface area contributed by atoms with E-state index in [1.807, 2.05) is 21.7 Å². The zero-order valence-corrected chi connectivity index (χ0v) is 12.7. The maximum atomic E-state index is 12.3. The summed E-state index contributed by atoms with van der Waals surface area (Å²) in [5, 5.41) is 7.54. The van der Waals surface area contributed by atoms with Gasteiger partial charge in [0, 0.05) is 42.9 Å². The first-order chi connectivity index (χ1) is 10.7. The molecule has 2 fully saturated rings. The summed E-state index contributed by atoms with van der Waals surface area (Å²) in [7, 11) is 0. The summed E-state index contributed by atoms with van der Waals surface area (Å²) in [5.41, 5.74) is 0.834. The number of amides is 2. The molecule has 6 nitrogen and oxygen atoms in total. The van der Waals surface area contributed by atoms with Crippen molar-refractivity contribution in [1.29, 1.82) is 0 Å². The number of nitrogens with zero attached hydrogens (tertiary/aromatic N) is 3. The van der Waals surface area contributed by atoms with Crippen molar-refractivity contribution in [2.75, 3.05) is 24.5 Å². The topological polar surface area (TPSA) is 66.7 Å². The molecule has 2 aromatic rings. The van der Waals surface area contributed by atoms with Crippen LogP contribution in [-0.4, -0.2) is 41.5 Å². The van der Waals surface area contributed by atoms with Gasteiger partial charge in [0.25, 0.3) is 5.91 Å². The Morgan fingerprint density at radius 2 is 2.27 bits per heavy atom. The Morgan fingerprint density at radius 1 is 1.36 bits per heavy atom. The van der Waals surface area contributed by atoms with Crippen molar-refractivity contribution in [3.05, 3.63) is 34.8 Å². The molecule has 2 aliphatic rings. The molecule has 0 aliphatic carbocycles. The van der Waals surface area contributed by atoms with Gasteiger partial charge in [-0.05, 0) is 17.9 Å². The van der Waals surface area contributed by atoms with E-state index in [1.165, 1.54) is 6.20 Å². The van der Waals surface area contributed by atoms with Gasteiger partial charge in [-0.1, -0.05) is 5.16 Å². The van der Waals surface area contributed by atoms with E-state index >= 15 is 0 Å². The van der Waals surface area contributed by atoms with Gasteiger partial charge in [0.2, 0.25) is 11.7 Å². The molecule has 2 saturated heterocycles. The molecule has 1 spiro atoms. The molecule has 2 aromatic heterocycles. The molecule has 0 N–H and O–H groups in total. The van der Waals surface area contributed by atoms with E-state index in [4.69, 9.17) is 4.52 Å². The van der Waals surface area contributed by atoms with Crippen molar-refractivity contribution in [1.82, 2.24) is 10.1 Å². The SMILES string of the molecule is O=C(c1ccno1)N1CCC2(CC(=O)N(c3ccsc3)C2)C1. The zero-order chi connectivity index (χ0) is 15.2. The third-order valence-electron chi connectivity index (χ3n) is 4.51. The molecule has 0 bridgehead atoms. The maximum absolute atomic E-state index is 12.3. The molecule has 4 rings (SSSR count). The summed E-state index contributed by atoms with van der Waals surface area (Å²) in [6, 6.07) is 3.54. The molecule has 114 valence electrons.